The summed E-state index contributed by atoms with van der Waals surface area (Å²) in [6.07, 6.45) is 14.0. The Morgan fingerprint density at radius 3 is 1.52 bits per heavy atom. The summed E-state index contributed by atoms with van der Waals surface area (Å²) in [5.74, 6) is 0. The Morgan fingerprint density at radius 2 is 1.08 bits per heavy atom. The molecule has 1 N–H and O–H groups in total. The van der Waals surface area contributed by atoms with Gasteiger partial charge in [-0.1, -0.05) is 84.5 Å². The van der Waals surface area contributed by atoms with Crippen LogP contribution in [-0.4, -0.2) is 29.4 Å². The summed E-state index contributed by atoms with van der Waals surface area (Å²) in [4.78, 5) is 0. The maximum Gasteiger partial charge on any atom is 1.00 e. The molecule has 0 spiro atoms. The van der Waals surface area contributed by atoms with Gasteiger partial charge >= 0.3 is 29.6 Å². The van der Waals surface area contributed by atoms with E-state index in [0.717, 1.165) is 70.6 Å². The van der Waals surface area contributed by atoms with Gasteiger partial charge in [0.1, 0.15) is 0 Å². The molecule has 0 saturated carbocycles. The van der Waals surface area contributed by atoms with Crippen molar-refractivity contribution in [1.29, 1.82) is 0 Å². The van der Waals surface area contributed by atoms with E-state index in [4.69, 9.17) is 0 Å². The normalized spacial score (nSPS) is 14.1. The Labute approximate surface area is 178 Å². The molecular formula is C19H39NaO4S. The fraction of sp³-hybridized carbons (Fsp3) is 1.00. The zero-order chi connectivity index (χ0) is 18.3. The second kappa shape index (κ2) is 18.2. The summed E-state index contributed by atoms with van der Waals surface area (Å²) in [5, 5.41) is 9.15. The molecule has 0 aromatic carbocycles. The molecule has 4 nitrogen and oxygen atoms in total. The van der Waals surface area contributed by atoms with E-state index in [-0.39, 0.29) is 35.7 Å². The van der Waals surface area contributed by atoms with Crippen molar-refractivity contribution in [2.75, 3.05) is 0 Å². The van der Waals surface area contributed by atoms with Crippen molar-refractivity contribution >= 4 is 10.1 Å². The van der Waals surface area contributed by atoms with Crippen molar-refractivity contribution < 1.29 is 47.6 Å². The molecule has 6 heteroatoms. The van der Waals surface area contributed by atoms with Gasteiger partial charge in [0.25, 0.3) is 0 Å². The largest absolute Gasteiger partial charge is 1.00 e. The number of unbranched alkanes of at least 4 members (excludes halogenated alkanes) is 8. The minimum Gasteiger partial charge on any atom is -0.748 e. The SMILES string of the molecule is CCCCCC(O)CCCCCCCC(CCCCC)S(=O)(=O)[O-].[Na+]. The number of aliphatic hydroxyl groups is 1. The van der Waals surface area contributed by atoms with E-state index in [2.05, 4.69) is 13.8 Å². The van der Waals surface area contributed by atoms with Crippen molar-refractivity contribution in [3.63, 3.8) is 0 Å². The van der Waals surface area contributed by atoms with E-state index in [1.54, 1.807) is 0 Å². The summed E-state index contributed by atoms with van der Waals surface area (Å²) in [6.45, 7) is 4.24. The van der Waals surface area contributed by atoms with Gasteiger partial charge < -0.3 is 9.66 Å². The number of hydrogen-bond acceptors (Lipinski definition) is 4. The van der Waals surface area contributed by atoms with Gasteiger partial charge in [-0.25, -0.2) is 8.42 Å². The van der Waals surface area contributed by atoms with Gasteiger partial charge in [-0.2, -0.15) is 0 Å². The first-order valence-corrected chi connectivity index (χ1v) is 11.5. The van der Waals surface area contributed by atoms with E-state index in [1.165, 1.54) is 12.8 Å². The molecule has 2 unspecified atom stereocenters. The molecule has 0 heterocycles. The molecule has 0 aliphatic heterocycles. The second-order valence-electron chi connectivity index (χ2n) is 7.11. The van der Waals surface area contributed by atoms with Crippen molar-refractivity contribution in [2.45, 2.75) is 122 Å². The van der Waals surface area contributed by atoms with Crippen LogP contribution in [-0.2, 0) is 10.1 Å². The summed E-state index contributed by atoms with van der Waals surface area (Å²) in [5.41, 5.74) is 0. The molecule has 0 saturated heterocycles. The molecule has 0 aliphatic carbocycles. The number of rotatable bonds is 17. The summed E-state index contributed by atoms with van der Waals surface area (Å²) in [7, 11) is -4.15. The zero-order valence-electron chi connectivity index (χ0n) is 16.8. The van der Waals surface area contributed by atoms with Gasteiger partial charge in [-0.3, -0.25) is 0 Å². The smallest absolute Gasteiger partial charge is 0.748 e. The van der Waals surface area contributed by atoms with E-state index in [0.29, 0.717) is 12.8 Å². The summed E-state index contributed by atoms with van der Waals surface area (Å²) >= 11 is 0. The molecule has 0 amide bonds. The quantitative estimate of drug-likeness (QED) is 0.236. The third-order valence-electron chi connectivity index (χ3n) is 4.74. The van der Waals surface area contributed by atoms with Gasteiger partial charge in [0.05, 0.1) is 16.2 Å². The standard InChI is InChI=1S/C19H40O4S.Na/c1-3-5-10-14-18(20)15-12-8-7-9-13-17-19(24(21,22)23)16-11-6-4-2;/h18-20H,3-17H2,1-2H3,(H,21,22,23);/q;+1/p-1. The fourth-order valence-electron chi connectivity index (χ4n) is 3.11. The zero-order valence-corrected chi connectivity index (χ0v) is 19.7. The van der Waals surface area contributed by atoms with E-state index in [1.807, 2.05) is 0 Å². The Balaban J connectivity index is 0. The molecule has 146 valence electrons. The average molecular weight is 387 g/mol. The van der Waals surface area contributed by atoms with Crippen LogP contribution in [0.4, 0.5) is 0 Å². The van der Waals surface area contributed by atoms with Crippen LogP contribution in [0.2, 0.25) is 0 Å². The molecule has 0 radical (unpaired) electrons. The average Bonchev–Trinajstić information content (AvgIpc) is 2.51. The van der Waals surface area contributed by atoms with Gasteiger partial charge in [0.15, 0.2) is 0 Å². The minimum absolute atomic E-state index is 0. The van der Waals surface area contributed by atoms with Crippen LogP contribution in [0, 0.1) is 0 Å². The van der Waals surface area contributed by atoms with E-state index >= 15 is 0 Å². The topological polar surface area (TPSA) is 77.4 Å². The number of aliphatic hydroxyl groups excluding tert-OH is 1. The van der Waals surface area contributed by atoms with Crippen molar-refractivity contribution in [1.82, 2.24) is 0 Å². The molecule has 2 atom stereocenters. The first kappa shape index (κ1) is 28.1. The van der Waals surface area contributed by atoms with Crippen LogP contribution in [0.3, 0.4) is 0 Å². The Bertz CT molecular complexity index is 374. The molecule has 0 fully saturated rings. The molecular weight excluding hydrogens is 347 g/mol. The molecule has 0 aromatic rings. The van der Waals surface area contributed by atoms with Crippen LogP contribution >= 0.6 is 0 Å². The van der Waals surface area contributed by atoms with Gasteiger partial charge in [0, 0.05) is 5.25 Å². The maximum atomic E-state index is 11.3. The Morgan fingerprint density at radius 1 is 0.720 bits per heavy atom. The third-order valence-corrected chi connectivity index (χ3v) is 6.03. The molecule has 0 aromatic heterocycles. The van der Waals surface area contributed by atoms with E-state index < -0.39 is 15.4 Å². The minimum atomic E-state index is -4.15. The predicted octanol–water partition coefficient (Wildman–Crippen LogP) is 2.16. The molecule has 0 bridgehead atoms. The van der Waals surface area contributed by atoms with Crippen LogP contribution in [0.15, 0.2) is 0 Å². The summed E-state index contributed by atoms with van der Waals surface area (Å²) < 4.78 is 33.9. The molecule has 0 rings (SSSR count). The monoisotopic (exact) mass is 386 g/mol. The Hall–Kier alpha value is 0.870. The number of hydrogen-bond donors (Lipinski definition) is 1. The predicted molar refractivity (Wildman–Crippen MR) is 100 cm³/mol. The van der Waals surface area contributed by atoms with Crippen LogP contribution in [0.1, 0.15) is 110 Å². The Kier molecular flexibility index (Phi) is 20.5. The van der Waals surface area contributed by atoms with Crippen LogP contribution in [0.5, 0.6) is 0 Å². The van der Waals surface area contributed by atoms with Gasteiger partial charge in [0.2, 0.25) is 0 Å². The fourth-order valence-corrected chi connectivity index (χ4v) is 4.02. The first-order valence-electron chi connectivity index (χ1n) is 10.0. The van der Waals surface area contributed by atoms with Crippen LogP contribution in [0.25, 0.3) is 0 Å². The van der Waals surface area contributed by atoms with Crippen molar-refractivity contribution in [3.05, 3.63) is 0 Å². The van der Waals surface area contributed by atoms with E-state index in [9.17, 15) is 18.1 Å². The van der Waals surface area contributed by atoms with Gasteiger partial charge in [-0.05, 0) is 25.7 Å². The first-order chi connectivity index (χ1) is 11.4. The maximum absolute atomic E-state index is 11.3. The molecule has 0 aliphatic rings. The molecule has 25 heavy (non-hydrogen) atoms. The van der Waals surface area contributed by atoms with Crippen molar-refractivity contribution in [2.24, 2.45) is 0 Å². The third kappa shape index (κ3) is 18.0. The summed E-state index contributed by atoms with van der Waals surface area (Å²) in [6, 6.07) is 0. The van der Waals surface area contributed by atoms with Crippen molar-refractivity contribution in [3.8, 4) is 0 Å². The second-order valence-corrected chi connectivity index (χ2v) is 8.76. The van der Waals surface area contributed by atoms with Crippen LogP contribution < -0.4 is 29.6 Å². The van der Waals surface area contributed by atoms with Gasteiger partial charge in [-0.15, -0.1) is 0 Å².